The molecule has 0 fully saturated rings. The Balaban J connectivity index is 2.32. The van der Waals surface area contributed by atoms with E-state index in [4.69, 9.17) is 0 Å². The smallest absolute Gasteiger partial charge is 0.164 e. The fourth-order valence-electron chi connectivity index (χ4n) is 1.43. The fraction of sp³-hybridized carbons (Fsp3) is 0.400. The molecule has 0 saturated heterocycles. The predicted octanol–water partition coefficient (Wildman–Crippen LogP) is 3.43. The molecule has 15 heavy (non-hydrogen) atoms. The lowest BCUT2D eigenvalue weighted by Crippen LogP contribution is -2.04. The molecule has 0 N–H and O–H groups in total. The van der Waals surface area contributed by atoms with Gasteiger partial charge in [0.25, 0.3) is 0 Å². The average Bonchev–Trinajstić information content (AvgIpc) is 2.72. The van der Waals surface area contributed by atoms with Crippen LogP contribution in [0.1, 0.15) is 13.8 Å². The summed E-state index contributed by atoms with van der Waals surface area (Å²) in [5.74, 6) is 1.55. The molecule has 80 valence electrons. The Bertz CT molecular complexity index is 447. The number of hydrogen-bond donors (Lipinski definition) is 0. The van der Waals surface area contributed by atoms with E-state index in [9.17, 15) is 0 Å². The summed E-state index contributed by atoms with van der Waals surface area (Å²) in [5, 5.41) is 10.2. The van der Waals surface area contributed by atoms with Crippen molar-refractivity contribution < 1.29 is 0 Å². The van der Waals surface area contributed by atoms with Gasteiger partial charge in [0, 0.05) is 17.5 Å². The molecule has 5 heteroatoms. The lowest BCUT2D eigenvalue weighted by Gasteiger charge is -2.07. The molecule has 2 rings (SSSR count). The van der Waals surface area contributed by atoms with Crippen LogP contribution in [-0.2, 0) is 6.54 Å². The van der Waals surface area contributed by atoms with Crippen LogP contribution >= 0.6 is 27.3 Å². The Morgan fingerprint density at radius 3 is 2.93 bits per heavy atom. The SMILES string of the molecule is CC(C)Cn1cnnc1-c1csc(Br)c1. The van der Waals surface area contributed by atoms with E-state index >= 15 is 0 Å². The molecule has 0 aliphatic carbocycles. The minimum atomic E-state index is 0.599. The largest absolute Gasteiger partial charge is 0.313 e. The van der Waals surface area contributed by atoms with Crippen LogP contribution in [0.15, 0.2) is 21.6 Å². The molecular weight excluding hydrogens is 274 g/mol. The topological polar surface area (TPSA) is 30.7 Å². The van der Waals surface area contributed by atoms with Crippen molar-refractivity contribution in [1.82, 2.24) is 14.8 Å². The normalized spacial score (nSPS) is 11.2. The first kappa shape index (κ1) is 10.8. The molecule has 0 unspecified atom stereocenters. The van der Waals surface area contributed by atoms with E-state index in [1.807, 2.05) is 0 Å². The second kappa shape index (κ2) is 4.45. The number of rotatable bonds is 3. The van der Waals surface area contributed by atoms with E-state index in [0.29, 0.717) is 5.92 Å². The van der Waals surface area contributed by atoms with Gasteiger partial charge >= 0.3 is 0 Å². The van der Waals surface area contributed by atoms with Crippen LogP contribution < -0.4 is 0 Å². The van der Waals surface area contributed by atoms with Crippen LogP contribution in [0.25, 0.3) is 11.4 Å². The molecule has 0 saturated carbocycles. The molecule has 0 bridgehead atoms. The zero-order valence-electron chi connectivity index (χ0n) is 8.64. The quantitative estimate of drug-likeness (QED) is 0.865. The summed E-state index contributed by atoms with van der Waals surface area (Å²) in [6.07, 6.45) is 1.79. The van der Waals surface area contributed by atoms with Crippen LogP contribution in [0.2, 0.25) is 0 Å². The highest BCUT2D eigenvalue weighted by atomic mass is 79.9. The van der Waals surface area contributed by atoms with Gasteiger partial charge in [-0.25, -0.2) is 0 Å². The summed E-state index contributed by atoms with van der Waals surface area (Å²) < 4.78 is 3.22. The maximum absolute atomic E-state index is 4.15. The fourth-order valence-corrected chi connectivity index (χ4v) is 2.57. The third-order valence-electron chi connectivity index (χ3n) is 2.00. The first-order chi connectivity index (χ1) is 7.16. The monoisotopic (exact) mass is 285 g/mol. The maximum Gasteiger partial charge on any atom is 0.164 e. The van der Waals surface area contributed by atoms with Gasteiger partial charge in [0.2, 0.25) is 0 Å². The minimum Gasteiger partial charge on any atom is -0.313 e. The van der Waals surface area contributed by atoms with Gasteiger partial charge in [-0.3, -0.25) is 0 Å². The van der Waals surface area contributed by atoms with Gasteiger partial charge in [0.05, 0.1) is 3.79 Å². The van der Waals surface area contributed by atoms with Crippen LogP contribution in [0, 0.1) is 5.92 Å². The van der Waals surface area contributed by atoms with Crippen LogP contribution in [0.5, 0.6) is 0 Å². The average molecular weight is 286 g/mol. The molecule has 0 aliphatic rings. The van der Waals surface area contributed by atoms with Crippen LogP contribution in [-0.4, -0.2) is 14.8 Å². The molecule has 0 aliphatic heterocycles. The highest BCUT2D eigenvalue weighted by Crippen LogP contribution is 2.27. The first-order valence-corrected chi connectivity index (χ1v) is 6.46. The Hall–Kier alpha value is -0.680. The lowest BCUT2D eigenvalue weighted by atomic mass is 10.2. The van der Waals surface area contributed by atoms with Crippen molar-refractivity contribution in [2.24, 2.45) is 5.92 Å². The van der Waals surface area contributed by atoms with E-state index in [1.54, 1.807) is 17.7 Å². The zero-order valence-corrected chi connectivity index (χ0v) is 11.0. The van der Waals surface area contributed by atoms with Gasteiger partial charge in [-0.15, -0.1) is 21.5 Å². The molecule has 3 nitrogen and oxygen atoms in total. The molecule has 2 heterocycles. The number of nitrogens with zero attached hydrogens (tertiary/aromatic N) is 3. The summed E-state index contributed by atoms with van der Waals surface area (Å²) in [6.45, 7) is 5.33. The Kier molecular flexibility index (Phi) is 3.21. The van der Waals surface area contributed by atoms with E-state index in [0.717, 1.165) is 21.7 Å². The van der Waals surface area contributed by atoms with Crippen LogP contribution in [0.4, 0.5) is 0 Å². The molecule has 0 aromatic carbocycles. The van der Waals surface area contributed by atoms with E-state index in [-0.39, 0.29) is 0 Å². The van der Waals surface area contributed by atoms with E-state index in [1.165, 1.54) is 0 Å². The maximum atomic E-state index is 4.15. The number of aromatic nitrogens is 3. The van der Waals surface area contributed by atoms with Crippen molar-refractivity contribution in [1.29, 1.82) is 0 Å². The number of thiophene rings is 1. The van der Waals surface area contributed by atoms with Crippen molar-refractivity contribution in [2.45, 2.75) is 20.4 Å². The van der Waals surface area contributed by atoms with Gasteiger partial charge in [-0.1, -0.05) is 13.8 Å². The summed E-state index contributed by atoms with van der Waals surface area (Å²) in [6, 6.07) is 2.07. The number of halogens is 1. The first-order valence-electron chi connectivity index (χ1n) is 4.79. The minimum absolute atomic E-state index is 0.599. The van der Waals surface area contributed by atoms with Gasteiger partial charge in [0.15, 0.2) is 5.82 Å². The second-order valence-corrected chi connectivity index (χ2v) is 6.13. The number of hydrogen-bond acceptors (Lipinski definition) is 3. The van der Waals surface area contributed by atoms with Gasteiger partial charge < -0.3 is 4.57 Å². The Labute approximate surface area is 101 Å². The lowest BCUT2D eigenvalue weighted by molar-refractivity contribution is 0.525. The van der Waals surface area contributed by atoms with E-state index < -0.39 is 0 Å². The molecule has 2 aromatic heterocycles. The third-order valence-corrected chi connectivity index (χ3v) is 3.51. The standard InChI is InChI=1S/C10H12BrN3S/c1-7(2)4-14-6-12-13-10(14)8-3-9(11)15-5-8/h3,5-7H,4H2,1-2H3. The van der Waals surface area contributed by atoms with Gasteiger partial charge in [-0.2, -0.15) is 0 Å². The highest BCUT2D eigenvalue weighted by molar-refractivity contribution is 9.11. The summed E-state index contributed by atoms with van der Waals surface area (Å²) in [5.41, 5.74) is 1.13. The van der Waals surface area contributed by atoms with Crippen molar-refractivity contribution >= 4 is 27.3 Å². The van der Waals surface area contributed by atoms with Crippen LogP contribution in [0.3, 0.4) is 0 Å². The molecule has 0 spiro atoms. The molecule has 0 atom stereocenters. The molecular formula is C10H12BrN3S. The molecule has 2 aromatic rings. The second-order valence-electron chi connectivity index (χ2n) is 3.84. The Morgan fingerprint density at radius 1 is 1.53 bits per heavy atom. The predicted molar refractivity (Wildman–Crippen MR) is 65.9 cm³/mol. The molecule has 0 amide bonds. The van der Waals surface area contributed by atoms with Crippen molar-refractivity contribution in [3.63, 3.8) is 0 Å². The van der Waals surface area contributed by atoms with Crippen molar-refractivity contribution in [3.8, 4) is 11.4 Å². The van der Waals surface area contributed by atoms with Gasteiger partial charge in [-0.05, 0) is 27.9 Å². The summed E-state index contributed by atoms with van der Waals surface area (Å²) in [4.78, 5) is 0. The summed E-state index contributed by atoms with van der Waals surface area (Å²) >= 11 is 5.12. The van der Waals surface area contributed by atoms with Crippen molar-refractivity contribution in [2.75, 3.05) is 0 Å². The third kappa shape index (κ3) is 2.46. The van der Waals surface area contributed by atoms with E-state index in [2.05, 4.69) is 56.0 Å². The summed E-state index contributed by atoms with van der Waals surface area (Å²) in [7, 11) is 0. The zero-order chi connectivity index (χ0) is 10.8. The van der Waals surface area contributed by atoms with Gasteiger partial charge in [0.1, 0.15) is 6.33 Å². The van der Waals surface area contributed by atoms with Crippen molar-refractivity contribution in [3.05, 3.63) is 21.6 Å². The highest BCUT2D eigenvalue weighted by Gasteiger charge is 2.09. The Morgan fingerprint density at radius 2 is 2.33 bits per heavy atom. The molecule has 0 radical (unpaired) electrons.